The summed E-state index contributed by atoms with van der Waals surface area (Å²) in [5.74, 6) is -1.47. The molecule has 120 valence electrons. The van der Waals surface area contributed by atoms with E-state index in [0.29, 0.717) is 23.1 Å². The summed E-state index contributed by atoms with van der Waals surface area (Å²) in [4.78, 5) is 24.7. The molecular formula is C15H17Cl2NO4. The third kappa shape index (κ3) is 3.91. The highest BCUT2D eigenvalue weighted by Crippen LogP contribution is 2.51. The van der Waals surface area contributed by atoms with Crippen LogP contribution < -0.4 is 0 Å². The van der Waals surface area contributed by atoms with Crippen LogP contribution in [0.2, 0.25) is 10.0 Å². The lowest BCUT2D eigenvalue weighted by Gasteiger charge is -2.20. The van der Waals surface area contributed by atoms with Crippen molar-refractivity contribution < 1.29 is 19.4 Å². The average molecular weight is 346 g/mol. The summed E-state index contributed by atoms with van der Waals surface area (Å²) in [5.41, 5.74) is 0.842. The number of rotatable bonds is 7. The molecule has 1 aliphatic carbocycles. The Morgan fingerprint density at radius 3 is 2.77 bits per heavy atom. The number of halogens is 2. The predicted molar refractivity (Wildman–Crippen MR) is 83.4 cm³/mol. The molecule has 0 spiro atoms. The molecule has 1 aromatic carbocycles. The fourth-order valence-corrected chi connectivity index (χ4v) is 2.93. The second kappa shape index (κ2) is 7.31. The highest BCUT2D eigenvalue weighted by molar-refractivity contribution is 6.42. The zero-order chi connectivity index (χ0) is 16.3. The van der Waals surface area contributed by atoms with Gasteiger partial charge in [-0.25, -0.2) is 0 Å². The van der Waals surface area contributed by atoms with E-state index in [0.717, 1.165) is 5.56 Å². The fourth-order valence-electron chi connectivity index (χ4n) is 2.48. The van der Waals surface area contributed by atoms with Gasteiger partial charge in [-0.15, -0.1) is 0 Å². The minimum absolute atomic E-state index is 0.00228. The molecule has 0 saturated heterocycles. The summed E-state index contributed by atoms with van der Waals surface area (Å²) in [6.45, 7) is 0.233. The van der Waals surface area contributed by atoms with Gasteiger partial charge in [0.25, 0.3) is 0 Å². The number of hydrogen-bond acceptors (Lipinski definition) is 3. The van der Waals surface area contributed by atoms with Crippen LogP contribution in [0.3, 0.4) is 0 Å². The topological polar surface area (TPSA) is 66.8 Å². The van der Waals surface area contributed by atoms with Crippen molar-refractivity contribution in [1.29, 1.82) is 0 Å². The third-order valence-corrected chi connectivity index (χ3v) is 4.53. The fraction of sp³-hybridized carbons (Fsp3) is 0.467. The lowest BCUT2D eigenvalue weighted by atomic mass is 10.1. The Balaban J connectivity index is 2.07. The van der Waals surface area contributed by atoms with Gasteiger partial charge >= 0.3 is 5.97 Å². The number of ether oxygens (including phenoxy) is 1. The quantitative estimate of drug-likeness (QED) is 0.824. The summed E-state index contributed by atoms with van der Waals surface area (Å²) in [7, 11) is 1.51. The van der Waals surface area contributed by atoms with Crippen molar-refractivity contribution >= 4 is 35.1 Å². The molecular weight excluding hydrogens is 329 g/mol. The smallest absolute Gasteiger partial charge is 0.323 e. The van der Waals surface area contributed by atoms with Gasteiger partial charge in [-0.05, 0) is 24.0 Å². The largest absolute Gasteiger partial charge is 0.480 e. The number of aliphatic carboxylic acids is 1. The predicted octanol–water partition coefficient (Wildman–Crippen LogP) is 2.66. The van der Waals surface area contributed by atoms with E-state index in [1.54, 1.807) is 12.1 Å². The SMILES string of the molecule is COCCN(CC(=O)O)C(=O)C1CC1c1cccc(Cl)c1Cl. The first-order chi connectivity index (χ1) is 10.5. The lowest BCUT2D eigenvalue weighted by molar-refractivity contribution is -0.145. The normalized spacial score (nSPS) is 19.8. The van der Waals surface area contributed by atoms with E-state index >= 15 is 0 Å². The molecule has 7 heteroatoms. The summed E-state index contributed by atoms with van der Waals surface area (Å²) in [5, 5.41) is 9.85. The van der Waals surface area contributed by atoms with Crippen molar-refractivity contribution in [3.8, 4) is 0 Å². The first-order valence-corrected chi connectivity index (χ1v) is 7.64. The van der Waals surface area contributed by atoms with Crippen LogP contribution in [0.15, 0.2) is 18.2 Å². The van der Waals surface area contributed by atoms with E-state index in [2.05, 4.69) is 0 Å². The molecule has 1 fully saturated rings. The van der Waals surface area contributed by atoms with Crippen LogP contribution in [-0.2, 0) is 14.3 Å². The van der Waals surface area contributed by atoms with Crippen LogP contribution in [0, 0.1) is 5.92 Å². The molecule has 1 saturated carbocycles. The molecule has 0 radical (unpaired) electrons. The van der Waals surface area contributed by atoms with E-state index in [-0.39, 0.29) is 30.8 Å². The number of carbonyl (C=O) groups is 2. The molecule has 0 aromatic heterocycles. The van der Waals surface area contributed by atoms with Crippen molar-refractivity contribution in [1.82, 2.24) is 4.90 Å². The van der Waals surface area contributed by atoms with Gasteiger partial charge in [0, 0.05) is 19.6 Å². The zero-order valence-electron chi connectivity index (χ0n) is 12.1. The Morgan fingerprint density at radius 2 is 2.14 bits per heavy atom. The number of carbonyl (C=O) groups excluding carboxylic acids is 1. The van der Waals surface area contributed by atoms with Crippen LogP contribution in [-0.4, -0.2) is 48.7 Å². The Hall–Kier alpha value is -1.30. The van der Waals surface area contributed by atoms with Gasteiger partial charge in [-0.3, -0.25) is 9.59 Å². The van der Waals surface area contributed by atoms with Gasteiger partial charge in [-0.2, -0.15) is 0 Å². The highest BCUT2D eigenvalue weighted by Gasteiger charge is 2.46. The van der Waals surface area contributed by atoms with E-state index < -0.39 is 5.97 Å². The molecule has 1 aliphatic rings. The summed E-state index contributed by atoms with van der Waals surface area (Å²) < 4.78 is 4.93. The van der Waals surface area contributed by atoms with Gasteiger partial charge in [0.2, 0.25) is 5.91 Å². The molecule has 0 bridgehead atoms. The maximum atomic E-state index is 12.5. The molecule has 0 aliphatic heterocycles. The second-order valence-corrected chi connectivity index (χ2v) is 6.02. The first-order valence-electron chi connectivity index (χ1n) is 6.89. The van der Waals surface area contributed by atoms with Crippen molar-refractivity contribution in [2.45, 2.75) is 12.3 Å². The minimum Gasteiger partial charge on any atom is -0.480 e. The van der Waals surface area contributed by atoms with Gasteiger partial charge < -0.3 is 14.7 Å². The Kier molecular flexibility index (Phi) is 5.67. The van der Waals surface area contributed by atoms with Crippen molar-refractivity contribution in [3.63, 3.8) is 0 Å². The van der Waals surface area contributed by atoms with Crippen molar-refractivity contribution in [2.24, 2.45) is 5.92 Å². The van der Waals surface area contributed by atoms with Gasteiger partial charge in [0.15, 0.2) is 0 Å². The Labute approximate surface area is 138 Å². The summed E-state index contributed by atoms with van der Waals surface area (Å²) >= 11 is 12.2. The van der Waals surface area contributed by atoms with Gasteiger partial charge in [-0.1, -0.05) is 35.3 Å². The zero-order valence-corrected chi connectivity index (χ0v) is 13.6. The molecule has 0 heterocycles. The number of hydrogen-bond donors (Lipinski definition) is 1. The Morgan fingerprint density at radius 1 is 1.41 bits per heavy atom. The maximum absolute atomic E-state index is 12.5. The van der Waals surface area contributed by atoms with E-state index in [4.69, 9.17) is 33.0 Å². The van der Waals surface area contributed by atoms with E-state index in [1.165, 1.54) is 12.0 Å². The number of nitrogens with zero attached hydrogens (tertiary/aromatic N) is 1. The van der Waals surface area contributed by atoms with Crippen LogP contribution in [0.4, 0.5) is 0 Å². The molecule has 22 heavy (non-hydrogen) atoms. The Bertz CT molecular complexity index is 579. The van der Waals surface area contributed by atoms with Crippen LogP contribution in [0.25, 0.3) is 0 Å². The molecule has 2 rings (SSSR count). The standard InChI is InChI=1S/C15H17Cl2NO4/c1-22-6-5-18(8-13(19)20)15(21)11-7-10(11)9-3-2-4-12(16)14(9)17/h2-4,10-11H,5-8H2,1H3,(H,19,20). The molecule has 1 aromatic rings. The van der Waals surface area contributed by atoms with Crippen molar-refractivity contribution in [3.05, 3.63) is 33.8 Å². The number of methoxy groups -OCH3 is 1. The third-order valence-electron chi connectivity index (χ3n) is 3.69. The molecule has 2 unspecified atom stereocenters. The maximum Gasteiger partial charge on any atom is 0.323 e. The number of carboxylic acid groups (broad SMARTS) is 1. The van der Waals surface area contributed by atoms with Crippen LogP contribution in [0.5, 0.6) is 0 Å². The molecule has 1 amide bonds. The average Bonchev–Trinajstić information content (AvgIpc) is 3.25. The second-order valence-electron chi connectivity index (χ2n) is 5.24. The highest BCUT2D eigenvalue weighted by atomic mass is 35.5. The first kappa shape index (κ1) is 17.1. The molecule has 5 nitrogen and oxygen atoms in total. The van der Waals surface area contributed by atoms with Gasteiger partial charge in [0.05, 0.1) is 16.7 Å². The number of benzene rings is 1. The number of amides is 1. The molecule has 2 atom stereocenters. The van der Waals surface area contributed by atoms with E-state index in [1.807, 2.05) is 6.07 Å². The molecule has 1 N–H and O–H groups in total. The summed E-state index contributed by atoms with van der Waals surface area (Å²) in [6.07, 6.45) is 0.655. The van der Waals surface area contributed by atoms with Gasteiger partial charge in [0.1, 0.15) is 6.54 Å². The number of carboxylic acids is 1. The monoisotopic (exact) mass is 345 g/mol. The van der Waals surface area contributed by atoms with Crippen molar-refractivity contribution in [2.75, 3.05) is 26.8 Å². The minimum atomic E-state index is -1.04. The van der Waals surface area contributed by atoms with E-state index in [9.17, 15) is 9.59 Å². The van der Waals surface area contributed by atoms with Crippen LogP contribution >= 0.6 is 23.2 Å². The van der Waals surface area contributed by atoms with Crippen LogP contribution in [0.1, 0.15) is 17.9 Å². The lowest BCUT2D eigenvalue weighted by Crippen LogP contribution is -2.39. The summed E-state index contributed by atoms with van der Waals surface area (Å²) in [6, 6.07) is 5.34.